The minimum atomic E-state index is -4.60. The Kier molecular flexibility index (Phi) is 6.40. The number of urea groups is 1. The molecule has 0 unspecified atom stereocenters. The van der Waals surface area contributed by atoms with Crippen molar-refractivity contribution in [3.63, 3.8) is 0 Å². The molecule has 1 aromatic rings. The first-order valence-corrected chi connectivity index (χ1v) is 8.30. The number of amides is 2. The van der Waals surface area contributed by atoms with Gasteiger partial charge in [-0.1, -0.05) is 30.3 Å². The smallest absolute Gasteiger partial charge is 0.324 e. The van der Waals surface area contributed by atoms with Gasteiger partial charge in [0.2, 0.25) is 0 Å². The fraction of sp³-hybridized carbons (Fsp3) is 0.500. The summed E-state index contributed by atoms with van der Waals surface area (Å²) in [5.41, 5.74) is -0.0385. The Hall–Kier alpha value is -1.57. The van der Waals surface area contributed by atoms with Gasteiger partial charge < -0.3 is 10.2 Å². The van der Waals surface area contributed by atoms with Crippen molar-refractivity contribution < 1.29 is 22.2 Å². The molecule has 0 aliphatic heterocycles. The van der Waals surface area contributed by atoms with Crippen molar-refractivity contribution in [1.29, 1.82) is 0 Å². The topological polar surface area (TPSA) is 49.4 Å². The molecule has 1 N–H and O–H groups in total. The Morgan fingerprint density at radius 1 is 1.32 bits per heavy atom. The van der Waals surface area contributed by atoms with E-state index in [0.29, 0.717) is 0 Å². The molecular weight excluding hydrogens is 317 g/mol. The molecule has 4 nitrogen and oxygen atoms in total. The second-order valence-electron chi connectivity index (χ2n) is 5.03. The van der Waals surface area contributed by atoms with E-state index < -0.39 is 35.1 Å². The lowest BCUT2D eigenvalue weighted by atomic mass is 10.1. The number of nitrogens with zero attached hydrogens (tertiary/aromatic N) is 1. The predicted molar refractivity (Wildman–Crippen MR) is 79.9 cm³/mol. The number of carbonyl (C=O) groups excluding carboxylic acids is 1. The van der Waals surface area contributed by atoms with E-state index >= 15 is 0 Å². The fourth-order valence-electron chi connectivity index (χ4n) is 1.88. The first-order chi connectivity index (χ1) is 10.1. The molecule has 0 aliphatic rings. The maximum atomic E-state index is 13.2. The number of benzene rings is 1. The first-order valence-electron chi connectivity index (χ1n) is 6.58. The molecule has 0 fully saturated rings. The van der Waals surface area contributed by atoms with Crippen molar-refractivity contribution in [3.8, 4) is 0 Å². The van der Waals surface area contributed by atoms with E-state index in [4.69, 9.17) is 0 Å². The number of rotatable bonds is 5. The highest BCUT2D eigenvalue weighted by atomic mass is 32.2. The van der Waals surface area contributed by atoms with Crippen molar-refractivity contribution in [2.24, 2.45) is 0 Å². The van der Waals surface area contributed by atoms with Crippen molar-refractivity contribution >= 4 is 16.8 Å². The van der Waals surface area contributed by atoms with Gasteiger partial charge in [-0.3, -0.25) is 4.21 Å². The molecule has 3 atom stereocenters. The summed E-state index contributed by atoms with van der Waals surface area (Å²) in [6.07, 6.45) is -3.13. The Bertz CT molecular complexity index is 523. The van der Waals surface area contributed by atoms with Gasteiger partial charge >= 0.3 is 12.2 Å². The van der Waals surface area contributed by atoms with Crippen LogP contribution in [0.5, 0.6) is 0 Å². The summed E-state index contributed by atoms with van der Waals surface area (Å²) in [6, 6.07) is 3.80. The Morgan fingerprint density at radius 2 is 1.86 bits per heavy atom. The lowest BCUT2D eigenvalue weighted by Gasteiger charge is -2.28. The molecule has 22 heavy (non-hydrogen) atoms. The number of hydrogen-bond acceptors (Lipinski definition) is 2. The standard InChI is InChI=1S/C14H19F3N2O2S/c1-10(9-22(3)21)19(2)13(20)18-12(14(15,16)17)11-7-5-4-6-8-11/h4-8,10,12H,9H2,1-3H3,(H,18,20)/t10-,12+,22-/m1/s1. The maximum absolute atomic E-state index is 13.2. The van der Waals surface area contributed by atoms with Gasteiger partial charge in [0.05, 0.1) is 0 Å². The van der Waals surface area contributed by atoms with Crippen LogP contribution in [-0.2, 0) is 10.8 Å². The molecule has 0 heterocycles. The molecular formula is C14H19F3N2O2S. The van der Waals surface area contributed by atoms with Crippen molar-refractivity contribution in [2.75, 3.05) is 19.1 Å². The summed E-state index contributed by atoms with van der Waals surface area (Å²) in [5, 5.41) is 1.99. The summed E-state index contributed by atoms with van der Waals surface area (Å²) >= 11 is 0. The van der Waals surface area contributed by atoms with Crippen LogP contribution in [0.15, 0.2) is 30.3 Å². The summed E-state index contributed by atoms with van der Waals surface area (Å²) in [7, 11) is 0.238. The van der Waals surface area contributed by atoms with E-state index in [1.165, 1.54) is 37.6 Å². The largest absolute Gasteiger partial charge is 0.412 e. The third-order valence-electron chi connectivity index (χ3n) is 3.19. The van der Waals surface area contributed by atoms with Gasteiger partial charge in [-0.15, -0.1) is 0 Å². The van der Waals surface area contributed by atoms with Crippen LogP contribution in [0.3, 0.4) is 0 Å². The molecule has 0 saturated carbocycles. The fourth-order valence-corrected chi connectivity index (χ4v) is 2.78. The molecule has 1 rings (SSSR count). The van der Waals surface area contributed by atoms with Gasteiger partial charge in [-0.25, -0.2) is 4.79 Å². The molecule has 8 heteroatoms. The summed E-state index contributed by atoms with van der Waals surface area (Å²) < 4.78 is 50.6. The zero-order valence-electron chi connectivity index (χ0n) is 12.6. The Labute approximate surface area is 130 Å². The summed E-state index contributed by atoms with van der Waals surface area (Å²) in [5.74, 6) is 0.200. The molecule has 0 bridgehead atoms. The zero-order valence-corrected chi connectivity index (χ0v) is 13.4. The highest BCUT2D eigenvalue weighted by Crippen LogP contribution is 2.32. The maximum Gasteiger partial charge on any atom is 0.412 e. The second-order valence-corrected chi connectivity index (χ2v) is 6.51. The van der Waals surface area contributed by atoms with E-state index in [0.717, 1.165) is 4.90 Å². The monoisotopic (exact) mass is 336 g/mol. The average Bonchev–Trinajstić information content (AvgIpc) is 2.42. The lowest BCUT2D eigenvalue weighted by molar-refractivity contribution is -0.155. The quantitative estimate of drug-likeness (QED) is 0.899. The number of nitrogens with one attached hydrogen (secondary N) is 1. The van der Waals surface area contributed by atoms with Gasteiger partial charge in [0, 0.05) is 35.9 Å². The first kappa shape index (κ1) is 18.5. The average molecular weight is 336 g/mol. The third-order valence-corrected chi connectivity index (χ3v) is 4.14. The third kappa shape index (κ3) is 5.32. The number of halogens is 3. The molecule has 0 spiro atoms. The van der Waals surface area contributed by atoms with Gasteiger partial charge in [0.1, 0.15) is 0 Å². The summed E-state index contributed by atoms with van der Waals surface area (Å²) in [6.45, 7) is 1.63. The van der Waals surface area contributed by atoms with Crippen molar-refractivity contribution in [2.45, 2.75) is 25.2 Å². The lowest BCUT2D eigenvalue weighted by Crippen LogP contribution is -2.48. The van der Waals surface area contributed by atoms with E-state index in [1.807, 2.05) is 5.32 Å². The molecule has 2 amide bonds. The predicted octanol–water partition coefficient (Wildman–Crippen LogP) is 2.70. The summed E-state index contributed by atoms with van der Waals surface area (Å²) in [4.78, 5) is 13.1. The van der Waals surface area contributed by atoms with E-state index in [-0.39, 0.29) is 11.3 Å². The van der Waals surface area contributed by atoms with Gasteiger partial charge in [0.25, 0.3) is 0 Å². The number of hydrogen-bond donors (Lipinski definition) is 1. The van der Waals surface area contributed by atoms with E-state index in [2.05, 4.69) is 0 Å². The second kappa shape index (κ2) is 7.62. The molecule has 1 aromatic carbocycles. The van der Waals surface area contributed by atoms with Crippen LogP contribution >= 0.6 is 0 Å². The van der Waals surface area contributed by atoms with Crippen LogP contribution < -0.4 is 5.32 Å². The minimum Gasteiger partial charge on any atom is -0.324 e. The molecule has 124 valence electrons. The number of carbonyl (C=O) groups is 1. The zero-order chi connectivity index (χ0) is 16.9. The van der Waals surface area contributed by atoms with Crippen molar-refractivity contribution in [1.82, 2.24) is 10.2 Å². The Balaban J connectivity index is 2.87. The normalized spacial score (nSPS) is 15.7. The van der Waals surface area contributed by atoms with Gasteiger partial charge in [-0.2, -0.15) is 13.2 Å². The molecule has 0 radical (unpaired) electrons. The van der Waals surface area contributed by atoms with Crippen LogP contribution in [-0.4, -0.2) is 46.4 Å². The minimum absolute atomic E-state index is 0.0385. The highest BCUT2D eigenvalue weighted by Gasteiger charge is 2.42. The number of alkyl halides is 3. The SMILES string of the molecule is C[C@H](C[S@@](C)=O)N(C)C(=O)N[C@@H](c1ccccc1)C(F)(F)F. The van der Waals surface area contributed by atoms with Gasteiger partial charge in [0.15, 0.2) is 6.04 Å². The van der Waals surface area contributed by atoms with Crippen LogP contribution in [0.4, 0.5) is 18.0 Å². The van der Waals surface area contributed by atoms with Crippen LogP contribution in [0.25, 0.3) is 0 Å². The highest BCUT2D eigenvalue weighted by molar-refractivity contribution is 7.84. The Morgan fingerprint density at radius 3 is 2.32 bits per heavy atom. The van der Waals surface area contributed by atoms with Crippen LogP contribution in [0.1, 0.15) is 18.5 Å². The van der Waals surface area contributed by atoms with E-state index in [9.17, 15) is 22.2 Å². The molecule has 0 aromatic heterocycles. The van der Waals surface area contributed by atoms with E-state index in [1.54, 1.807) is 13.0 Å². The van der Waals surface area contributed by atoms with Crippen molar-refractivity contribution in [3.05, 3.63) is 35.9 Å². The molecule has 0 saturated heterocycles. The molecule has 0 aliphatic carbocycles. The van der Waals surface area contributed by atoms with Crippen LogP contribution in [0, 0.1) is 0 Å². The van der Waals surface area contributed by atoms with Crippen LogP contribution in [0.2, 0.25) is 0 Å². The van der Waals surface area contributed by atoms with Gasteiger partial charge in [-0.05, 0) is 12.5 Å².